The summed E-state index contributed by atoms with van der Waals surface area (Å²) < 4.78 is 13.3. The summed E-state index contributed by atoms with van der Waals surface area (Å²) >= 11 is 5.85. The first-order valence-corrected chi connectivity index (χ1v) is 9.05. The number of hydrogen-bond acceptors (Lipinski definition) is 4. The van der Waals surface area contributed by atoms with Gasteiger partial charge in [0.05, 0.1) is 22.6 Å². The summed E-state index contributed by atoms with van der Waals surface area (Å²) in [5, 5.41) is 0.147. The largest absolute Gasteiger partial charge is 0.397 e. The third-order valence-electron chi connectivity index (χ3n) is 4.77. The van der Waals surface area contributed by atoms with E-state index in [2.05, 4.69) is 4.90 Å². The summed E-state index contributed by atoms with van der Waals surface area (Å²) in [6, 6.07) is 10.9. The number of anilines is 2. The number of piperazine rings is 1. The summed E-state index contributed by atoms with van der Waals surface area (Å²) in [6.07, 6.45) is 2.34. The number of hydrogen-bond donors (Lipinski definition) is 1. The average Bonchev–Trinajstić information content (AvgIpc) is 2.65. The van der Waals surface area contributed by atoms with E-state index in [0.29, 0.717) is 0 Å². The van der Waals surface area contributed by atoms with Crippen molar-refractivity contribution in [3.8, 4) is 0 Å². The maximum atomic E-state index is 13.3. The zero-order chi connectivity index (χ0) is 18.5. The van der Waals surface area contributed by atoms with Gasteiger partial charge in [0.25, 0.3) is 7.41 Å². The van der Waals surface area contributed by atoms with Crippen LogP contribution in [0.25, 0.3) is 0 Å². The molecule has 0 aromatic heterocycles. The van der Waals surface area contributed by atoms with E-state index in [-0.39, 0.29) is 5.02 Å². The average molecular weight is 373 g/mol. The molecule has 1 aliphatic heterocycles. The Morgan fingerprint density at radius 3 is 2.62 bits per heavy atom. The normalized spacial score (nSPS) is 15.1. The van der Waals surface area contributed by atoms with E-state index in [1.54, 1.807) is 19.5 Å². The molecule has 1 radical (unpaired) electrons. The van der Waals surface area contributed by atoms with E-state index >= 15 is 0 Å². The van der Waals surface area contributed by atoms with Crippen LogP contribution < -0.4 is 10.6 Å². The number of para-hydroxylation sites is 1. The van der Waals surface area contributed by atoms with E-state index in [4.69, 9.17) is 17.3 Å². The molecule has 1 saturated heterocycles. The van der Waals surface area contributed by atoms with Gasteiger partial charge in [0.15, 0.2) is 0 Å². The molecule has 0 unspecified atom stereocenters. The molecule has 135 valence electrons. The molecule has 0 atom stereocenters. The quantitative estimate of drug-likeness (QED) is 0.481. The Labute approximate surface area is 159 Å². The van der Waals surface area contributed by atoms with Crippen molar-refractivity contribution in [3.05, 3.63) is 58.4 Å². The molecule has 0 amide bonds. The summed E-state index contributed by atoms with van der Waals surface area (Å²) in [5.74, 6) is -0.400. The van der Waals surface area contributed by atoms with Gasteiger partial charge in [-0.25, -0.2) is 4.39 Å². The molecule has 7 heteroatoms. The molecule has 4 nitrogen and oxygen atoms in total. The molecule has 2 aromatic rings. The third-order valence-corrected chi connectivity index (χ3v) is 5.06. The lowest BCUT2D eigenvalue weighted by atomic mass is 9.93. The van der Waals surface area contributed by atoms with Crippen LogP contribution in [0.2, 0.25) is 5.02 Å². The molecule has 1 aliphatic rings. The Bertz CT molecular complexity index is 781. The summed E-state index contributed by atoms with van der Waals surface area (Å²) in [5.41, 5.74) is 10.3. The Morgan fingerprint density at radius 2 is 1.92 bits per heavy atom. The number of nitrogens with two attached hydrogens (primary N) is 1. The fourth-order valence-corrected chi connectivity index (χ4v) is 3.47. The molecule has 2 aromatic carbocycles. The van der Waals surface area contributed by atoms with Crippen LogP contribution in [0.1, 0.15) is 11.1 Å². The van der Waals surface area contributed by atoms with Crippen LogP contribution in [-0.4, -0.2) is 44.6 Å². The molecular weight excluding hydrogens is 351 g/mol. The molecule has 0 spiro atoms. The second-order valence-electron chi connectivity index (χ2n) is 6.41. The van der Waals surface area contributed by atoms with Gasteiger partial charge in [0.1, 0.15) is 5.82 Å². The van der Waals surface area contributed by atoms with Gasteiger partial charge in [0.2, 0.25) is 0 Å². The number of benzene rings is 2. The first kappa shape index (κ1) is 18.7. The van der Waals surface area contributed by atoms with Crippen LogP contribution in [0, 0.1) is 5.82 Å². The standard InChI is InChI=1S/C19H21BClFN3O/c21-16-12-14(5-7-17(16)22)4-6-15-2-1-3-18(19(15)23)24-8-10-25(11-9-24)20-13-26/h1-3,5,7,12-13H,4,6,8-11,23H2. The SMILES string of the molecule is Nc1c(CCc2ccc(F)c(Cl)c2)cccc1N1CCN([B]C=O)CC1. The van der Waals surface area contributed by atoms with Crippen LogP contribution in [-0.2, 0) is 17.6 Å². The van der Waals surface area contributed by atoms with Crippen LogP contribution >= 0.6 is 11.6 Å². The number of halogens is 2. The smallest absolute Gasteiger partial charge is 0.293 e. The number of carbonyl (C=O) groups excluding carboxylic acids is 1. The number of nitrogen functional groups attached to an aromatic ring is 1. The lowest BCUT2D eigenvalue weighted by molar-refractivity contribution is 0.409. The first-order valence-electron chi connectivity index (χ1n) is 8.67. The van der Waals surface area contributed by atoms with Crippen LogP contribution in [0.15, 0.2) is 36.4 Å². The zero-order valence-corrected chi connectivity index (χ0v) is 15.3. The monoisotopic (exact) mass is 372 g/mol. The minimum atomic E-state index is -0.400. The number of aryl methyl sites for hydroxylation is 2. The zero-order valence-electron chi connectivity index (χ0n) is 14.5. The Morgan fingerprint density at radius 1 is 1.15 bits per heavy atom. The molecule has 1 fully saturated rings. The molecular formula is C19H21BClFN3O. The third kappa shape index (κ3) is 4.37. The predicted molar refractivity (Wildman–Crippen MR) is 106 cm³/mol. The van der Waals surface area contributed by atoms with Crippen molar-refractivity contribution in [2.75, 3.05) is 36.8 Å². The highest BCUT2D eigenvalue weighted by atomic mass is 35.5. The Balaban J connectivity index is 1.67. The Kier molecular flexibility index (Phi) is 6.17. The fraction of sp³-hybridized carbons (Fsp3) is 0.316. The lowest BCUT2D eigenvalue weighted by Gasteiger charge is -2.36. The number of carbonyl (C=O) groups is 1. The van der Waals surface area contributed by atoms with Crippen molar-refractivity contribution >= 4 is 36.6 Å². The van der Waals surface area contributed by atoms with E-state index in [1.165, 1.54) is 6.07 Å². The fourth-order valence-electron chi connectivity index (χ4n) is 3.27. The van der Waals surface area contributed by atoms with Crippen LogP contribution in [0.3, 0.4) is 0 Å². The second-order valence-corrected chi connectivity index (χ2v) is 6.81. The van der Waals surface area contributed by atoms with E-state index in [9.17, 15) is 9.18 Å². The van der Waals surface area contributed by atoms with Gasteiger partial charge < -0.3 is 20.2 Å². The molecule has 0 saturated carbocycles. The maximum absolute atomic E-state index is 13.3. The van der Waals surface area contributed by atoms with Crippen molar-refractivity contribution in [3.63, 3.8) is 0 Å². The number of nitrogens with zero attached hydrogens (tertiary/aromatic N) is 2. The van der Waals surface area contributed by atoms with E-state index in [1.807, 2.05) is 23.0 Å². The van der Waals surface area contributed by atoms with Gasteiger partial charge in [0, 0.05) is 26.2 Å². The van der Waals surface area contributed by atoms with Crippen molar-refractivity contribution in [2.45, 2.75) is 12.8 Å². The highest BCUT2D eigenvalue weighted by Gasteiger charge is 2.19. The van der Waals surface area contributed by atoms with Crippen molar-refractivity contribution in [2.24, 2.45) is 0 Å². The van der Waals surface area contributed by atoms with Gasteiger partial charge >= 0.3 is 0 Å². The van der Waals surface area contributed by atoms with Crippen LogP contribution in [0.4, 0.5) is 15.8 Å². The van der Waals surface area contributed by atoms with E-state index < -0.39 is 5.82 Å². The topological polar surface area (TPSA) is 49.6 Å². The molecule has 3 rings (SSSR count). The van der Waals surface area contributed by atoms with Gasteiger partial charge in [-0.15, -0.1) is 0 Å². The van der Waals surface area contributed by atoms with Gasteiger partial charge in [-0.2, -0.15) is 0 Å². The molecule has 26 heavy (non-hydrogen) atoms. The minimum absolute atomic E-state index is 0.147. The summed E-state index contributed by atoms with van der Waals surface area (Å²) in [4.78, 5) is 14.9. The van der Waals surface area contributed by atoms with Crippen molar-refractivity contribution in [1.82, 2.24) is 4.81 Å². The summed E-state index contributed by atoms with van der Waals surface area (Å²) in [7, 11) is 1.59. The minimum Gasteiger partial charge on any atom is -0.397 e. The lowest BCUT2D eigenvalue weighted by Crippen LogP contribution is -2.48. The highest BCUT2D eigenvalue weighted by Crippen LogP contribution is 2.29. The molecule has 0 aliphatic carbocycles. The molecule has 0 bridgehead atoms. The molecule has 1 heterocycles. The van der Waals surface area contributed by atoms with Crippen molar-refractivity contribution in [1.29, 1.82) is 0 Å². The maximum Gasteiger partial charge on any atom is 0.293 e. The first-order chi connectivity index (χ1) is 12.6. The van der Waals surface area contributed by atoms with Gasteiger partial charge in [-0.3, -0.25) is 0 Å². The van der Waals surface area contributed by atoms with Crippen molar-refractivity contribution < 1.29 is 9.18 Å². The predicted octanol–water partition coefficient (Wildman–Crippen LogP) is 2.78. The van der Waals surface area contributed by atoms with Crippen LogP contribution in [0.5, 0.6) is 0 Å². The summed E-state index contributed by atoms with van der Waals surface area (Å²) in [6.45, 7) is 3.25. The Hall–Kier alpha value is -2.05. The van der Waals surface area contributed by atoms with E-state index in [0.717, 1.165) is 67.7 Å². The van der Waals surface area contributed by atoms with Gasteiger partial charge in [-0.05, 0) is 42.2 Å². The number of rotatable bonds is 6. The second kappa shape index (κ2) is 8.56. The van der Waals surface area contributed by atoms with Gasteiger partial charge in [-0.1, -0.05) is 29.8 Å². The molecule has 2 N–H and O–H groups in total. The highest BCUT2D eigenvalue weighted by molar-refractivity contribution is 6.64.